The first-order valence-corrected chi connectivity index (χ1v) is 6.38. The predicted molar refractivity (Wildman–Crippen MR) is 70.0 cm³/mol. The van der Waals surface area contributed by atoms with E-state index in [9.17, 15) is 14.4 Å². The number of rotatable bonds is 10. The number of hydrogen-bond donors (Lipinski definition) is 2. The first-order chi connectivity index (χ1) is 8.69. The standard InChI is InChI=1S/C13H23NO5/c1-4-13(2,3)10(15)6-5-7-14(8-11(16)17)9-12(18)19/h4-9H2,1-3H3,(H,16,17)(H,18,19). The quantitative estimate of drug-likeness (QED) is 0.622. The van der Waals surface area contributed by atoms with Gasteiger partial charge in [0.05, 0.1) is 13.1 Å². The van der Waals surface area contributed by atoms with Gasteiger partial charge in [0.25, 0.3) is 0 Å². The van der Waals surface area contributed by atoms with Crippen molar-refractivity contribution in [1.29, 1.82) is 0 Å². The molecular weight excluding hydrogens is 250 g/mol. The molecule has 0 spiro atoms. The maximum Gasteiger partial charge on any atom is 0.317 e. The highest BCUT2D eigenvalue weighted by molar-refractivity contribution is 5.83. The molecular formula is C13H23NO5. The summed E-state index contributed by atoms with van der Waals surface area (Å²) in [7, 11) is 0. The van der Waals surface area contributed by atoms with Crippen LogP contribution in [0.5, 0.6) is 0 Å². The molecule has 6 nitrogen and oxygen atoms in total. The molecule has 0 aliphatic heterocycles. The molecule has 0 fully saturated rings. The summed E-state index contributed by atoms with van der Waals surface area (Å²) in [6.45, 7) is 5.35. The lowest BCUT2D eigenvalue weighted by Crippen LogP contribution is -2.35. The minimum Gasteiger partial charge on any atom is -0.480 e. The summed E-state index contributed by atoms with van der Waals surface area (Å²) in [5.74, 6) is -2.01. The number of hydrogen-bond acceptors (Lipinski definition) is 4. The molecule has 0 heterocycles. The van der Waals surface area contributed by atoms with Gasteiger partial charge in [-0.2, -0.15) is 0 Å². The molecule has 0 atom stereocenters. The van der Waals surface area contributed by atoms with Crippen LogP contribution < -0.4 is 0 Å². The van der Waals surface area contributed by atoms with Crippen LogP contribution >= 0.6 is 0 Å². The van der Waals surface area contributed by atoms with Gasteiger partial charge >= 0.3 is 11.9 Å². The van der Waals surface area contributed by atoms with E-state index in [-0.39, 0.29) is 24.3 Å². The molecule has 0 saturated carbocycles. The summed E-state index contributed by atoms with van der Waals surface area (Å²) in [4.78, 5) is 34.4. The van der Waals surface area contributed by atoms with Gasteiger partial charge in [-0.15, -0.1) is 0 Å². The van der Waals surface area contributed by atoms with Crippen molar-refractivity contribution >= 4 is 17.7 Å². The highest BCUT2D eigenvalue weighted by Crippen LogP contribution is 2.23. The van der Waals surface area contributed by atoms with Crippen molar-refractivity contribution in [2.45, 2.75) is 40.0 Å². The number of carbonyl (C=O) groups excluding carboxylic acids is 1. The smallest absolute Gasteiger partial charge is 0.317 e. The van der Waals surface area contributed by atoms with E-state index < -0.39 is 11.9 Å². The van der Waals surface area contributed by atoms with Gasteiger partial charge in [0, 0.05) is 11.8 Å². The fraction of sp³-hybridized carbons (Fsp3) is 0.769. The van der Waals surface area contributed by atoms with Crippen molar-refractivity contribution in [1.82, 2.24) is 4.90 Å². The van der Waals surface area contributed by atoms with Crippen LogP contribution in [0.15, 0.2) is 0 Å². The van der Waals surface area contributed by atoms with Gasteiger partial charge in [-0.3, -0.25) is 19.3 Å². The number of Topliss-reactive ketones (excluding diaryl/α,β-unsaturated/α-hetero) is 1. The third-order valence-electron chi connectivity index (χ3n) is 3.23. The van der Waals surface area contributed by atoms with E-state index in [1.54, 1.807) is 0 Å². The first-order valence-electron chi connectivity index (χ1n) is 6.38. The third-order valence-corrected chi connectivity index (χ3v) is 3.23. The van der Waals surface area contributed by atoms with E-state index in [0.717, 1.165) is 6.42 Å². The second kappa shape index (κ2) is 7.89. The fourth-order valence-corrected chi connectivity index (χ4v) is 1.60. The third kappa shape index (κ3) is 7.56. The molecule has 0 saturated heterocycles. The van der Waals surface area contributed by atoms with Crippen LogP contribution in [0.4, 0.5) is 0 Å². The Labute approximate surface area is 113 Å². The molecule has 19 heavy (non-hydrogen) atoms. The molecule has 0 aromatic heterocycles. The minimum absolute atomic E-state index is 0.126. The lowest BCUT2D eigenvalue weighted by molar-refractivity contribution is -0.141. The van der Waals surface area contributed by atoms with E-state index in [1.165, 1.54) is 4.90 Å². The van der Waals surface area contributed by atoms with E-state index in [1.807, 2.05) is 20.8 Å². The molecule has 0 rings (SSSR count). The molecule has 0 aliphatic rings. The second-order valence-electron chi connectivity index (χ2n) is 5.26. The molecule has 0 aromatic rings. The molecule has 2 N–H and O–H groups in total. The van der Waals surface area contributed by atoms with Crippen molar-refractivity contribution in [2.24, 2.45) is 5.41 Å². The number of aliphatic carboxylic acids is 2. The lowest BCUT2D eigenvalue weighted by Gasteiger charge is -2.22. The molecule has 0 unspecified atom stereocenters. The number of nitrogens with zero attached hydrogens (tertiary/aromatic N) is 1. The van der Waals surface area contributed by atoms with Gasteiger partial charge in [-0.25, -0.2) is 0 Å². The molecule has 0 amide bonds. The Kier molecular flexibility index (Phi) is 7.29. The maximum absolute atomic E-state index is 11.9. The summed E-state index contributed by atoms with van der Waals surface area (Å²) in [5, 5.41) is 17.3. The number of carbonyl (C=O) groups is 3. The van der Waals surface area contributed by atoms with Gasteiger partial charge in [0.1, 0.15) is 5.78 Å². The topological polar surface area (TPSA) is 94.9 Å². The molecule has 6 heteroatoms. The summed E-state index contributed by atoms with van der Waals surface area (Å²) < 4.78 is 0. The van der Waals surface area contributed by atoms with Crippen molar-refractivity contribution < 1.29 is 24.6 Å². The number of carboxylic acid groups (broad SMARTS) is 2. The highest BCUT2D eigenvalue weighted by atomic mass is 16.4. The Balaban J connectivity index is 4.22. The highest BCUT2D eigenvalue weighted by Gasteiger charge is 2.24. The summed E-state index contributed by atoms with van der Waals surface area (Å²) in [5.41, 5.74) is -0.371. The van der Waals surface area contributed by atoms with Crippen LogP contribution in [0.25, 0.3) is 0 Å². The fourth-order valence-electron chi connectivity index (χ4n) is 1.60. The van der Waals surface area contributed by atoms with Gasteiger partial charge in [-0.1, -0.05) is 20.8 Å². The Morgan fingerprint density at radius 1 is 1.05 bits per heavy atom. The predicted octanol–water partition coefficient (Wildman–Crippen LogP) is 1.24. The molecule has 0 bridgehead atoms. The molecule has 0 aliphatic carbocycles. The molecule has 0 radical (unpaired) electrons. The normalized spacial score (nSPS) is 11.6. The van der Waals surface area contributed by atoms with Gasteiger partial charge in [0.15, 0.2) is 0 Å². The van der Waals surface area contributed by atoms with Crippen molar-refractivity contribution in [3.63, 3.8) is 0 Å². The molecule has 110 valence electrons. The SMILES string of the molecule is CCC(C)(C)C(=O)CCCN(CC(=O)O)CC(=O)O. The zero-order chi connectivity index (χ0) is 15.1. The van der Waals surface area contributed by atoms with Crippen molar-refractivity contribution in [2.75, 3.05) is 19.6 Å². The van der Waals surface area contributed by atoms with Crippen LogP contribution in [0.2, 0.25) is 0 Å². The summed E-state index contributed by atoms with van der Waals surface area (Å²) in [6, 6.07) is 0. The summed E-state index contributed by atoms with van der Waals surface area (Å²) in [6.07, 6.45) is 1.57. The average Bonchev–Trinajstić information content (AvgIpc) is 2.26. The van der Waals surface area contributed by atoms with Gasteiger partial charge < -0.3 is 10.2 Å². The Morgan fingerprint density at radius 2 is 1.53 bits per heavy atom. The Hall–Kier alpha value is -1.43. The minimum atomic E-state index is -1.07. The summed E-state index contributed by atoms with van der Waals surface area (Å²) >= 11 is 0. The van der Waals surface area contributed by atoms with Crippen LogP contribution in [0.1, 0.15) is 40.0 Å². The Bertz CT molecular complexity index is 322. The van der Waals surface area contributed by atoms with Gasteiger partial charge in [-0.05, 0) is 19.4 Å². The first kappa shape index (κ1) is 17.6. The van der Waals surface area contributed by atoms with Crippen molar-refractivity contribution in [3.05, 3.63) is 0 Å². The number of ketones is 1. The number of carboxylic acids is 2. The van der Waals surface area contributed by atoms with Crippen LogP contribution in [-0.2, 0) is 14.4 Å². The van der Waals surface area contributed by atoms with Crippen LogP contribution in [0, 0.1) is 5.41 Å². The largest absolute Gasteiger partial charge is 0.480 e. The van der Waals surface area contributed by atoms with Gasteiger partial charge in [0.2, 0.25) is 0 Å². The average molecular weight is 273 g/mol. The maximum atomic E-state index is 11.9. The van der Waals surface area contributed by atoms with E-state index in [4.69, 9.17) is 10.2 Å². The monoisotopic (exact) mass is 273 g/mol. The second-order valence-corrected chi connectivity index (χ2v) is 5.26. The molecule has 0 aromatic carbocycles. The van der Waals surface area contributed by atoms with Crippen molar-refractivity contribution in [3.8, 4) is 0 Å². The van der Waals surface area contributed by atoms with E-state index >= 15 is 0 Å². The Morgan fingerprint density at radius 3 is 1.89 bits per heavy atom. The zero-order valence-corrected chi connectivity index (χ0v) is 11.8. The van der Waals surface area contributed by atoms with Crippen LogP contribution in [0.3, 0.4) is 0 Å². The van der Waals surface area contributed by atoms with E-state index in [2.05, 4.69) is 0 Å². The zero-order valence-electron chi connectivity index (χ0n) is 11.8. The lowest BCUT2D eigenvalue weighted by atomic mass is 9.83. The van der Waals surface area contributed by atoms with Crippen LogP contribution in [-0.4, -0.2) is 52.5 Å². The van der Waals surface area contributed by atoms with E-state index in [0.29, 0.717) is 19.4 Å².